The zero-order valence-corrected chi connectivity index (χ0v) is 17.8. The summed E-state index contributed by atoms with van der Waals surface area (Å²) in [4.78, 5) is 48.2. The van der Waals surface area contributed by atoms with Crippen LogP contribution in [-0.4, -0.2) is 23.1 Å². The molecular formula is C26H32O4. The number of ketones is 4. The van der Waals surface area contributed by atoms with Crippen LogP contribution in [0.5, 0.6) is 0 Å². The van der Waals surface area contributed by atoms with E-state index in [1.54, 1.807) is 0 Å². The molecule has 6 saturated carbocycles. The lowest BCUT2D eigenvalue weighted by atomic mass is 9.59. The normalized spacial score (nSPS) is 44.4. The fourth-order valence-electron chi connectivity index (χ4n) is 7.88. The van der Waals surface area contributed by atoms with E-state index in [-0.39, 0.29) is 22.7 Å². The molecule has 30 heavy (non-hydrogen) atoms. The topological polar surface area (TPSA) is 68.3 Å². The van der Waals surface area contributed by atoms with E-state index >= 15 is 0 Å². The van der Waals surface area contributed by atoms with Crippen LogP contribution in [0.2, 0.25) is 0 Å². The molecule has 0 aliphatic heterocycles. The number of hydrogen-bond donors (Lipinski definition) is 0. The number of carbonyl (C=O) groups is 4. The lowest BCUT2D eigenvalue weighted by Crippen LogP contribution is -2.46. The van der Waals surface area contributed by atoms with E-state index in [0.29, 0.717) is 60.7 Å². The first-order chi connectivity index (χ1) is 14.3. The highest BCUT2D eigenvalue weighted by Crippen LogP contribution is 2.60. The van der Waals surface area contributed by atoms with Crippen molar-refractivity contribution in [1.82, 2.24) is 0 Å². The monoisotopic (exact) mass is 408 g/mol. The van der Waals surface area contributed by atoms with E-state index in [0.717, 1.165) is 62.5 Å². The fourth-order valence-corrected chi connectivity index (χ4v) is 7.88. The zero-order valence-electron chi connectivity index (χ0n) is 17.8. The predicted molar refractivity (Wildman–Crippen MR) is 113 cm³/mol. The third-order valence-electron chi connectivity index (χ3n) is 9.37. The van der Waals surface area contributed by atoms with E-state index in [2.05, 4.69) is 13.2 Å². The molecule has 0 N–H and O–H groups in total. The molecule has 6 fully saturated rings. The summed E-state index contributed by atoms with van der Waals surface area (Å²) >= 11 is 0. The Balaban J connectivity index is 0.000000128. The molecule has 6 atom stereocenters. The Labute approximate surface area is 178 Å². The Hall–Kier alpha value is -1.84. The summed E-state index contributed by atoms with van der Waals surface area (Å²) < 4.78 is 0. The third kappa shape index (κ3) is 2.71. The summed E-state index contributed by atoms with van der Waals surface area (Å²) in [6, 6.07) is 0. The van der Waals surface area contributed by atoms with Gasteiger partial charge in [-0.25, -0.2) is 0 Å². The summed E-state index contributed by atoms with van der Waals surface area (Å²) in [6.07, 6.45) is 9.80. The number of hydrogen-bond acceptors (Lipinski definition) is 4. The highest BCUT2D eigenvalue weighted by molar-refractivity contribution is 5.97. The Morgan fingerprint density at radius 1 is 0.667 bits per heavy atom. The average Bonchev–Trinajstić information content (AvgIpc) is 3.12. The maximum atomic E-state index is 12.1. The molecule has 6 rings (SSSR count). The molecule has 6 aliphatic carbocycles. The molecule has 160 valence electrons. The minimum atomic E-state index is -0.296. The van der Waals surface area contributed by atoms with Gasteiger partial charge in [-0.05, 0) is 63.2 Å². The van der Waals surface area contributed by atoms with E-state index < -0.39 is 0 Å². The summed E-state index contributed by atoms with van der Waals surface area (Å²) in [7, 11) is 0. The van der Waals surface area contributed by atoms with Crippen molar-refractivity contribution in [1.29, 1.82) is 0 Å². The molecule has 0 saturated heterocycles. The number of rotatable bonds is 0. The van der Waals surface area contributed by atoms with Crippen molar-refractivity contribution in [2.75, 3.05) is 0 Å². The standard InChI is InChI=1S/2C13H16O2/c2*1-8-6-13-7-9(8)5-11(14)10(13)3-2-4-12(13)15/h2*9-10H,1-7H2/t2*9-,10+,13+/m11/s1. The summed E-state index contributed by atoms with van der Waals surface area (Å²) in [5.74, 6) is 2.05. The molecule has 0 heterocycles. The lowest BCUT2D eigenvalue weighted by Gasteiger charge is -2.41. The van der Waals surface area contributed by atoms with Crippen LogP contribution in [0.3, 0.4) is 0 Å². The highest BCUT2D eigenvalue weighted by atomic mass is 16.1. The van der Waals surface area contributed by atoms with Crippen molar-refractivity contribution in [3.8, 4) is 0 Å². The second-order valence-corrected chi connectivity index (χ2v) is 10.9. The van der Waals surface area contributed by atoms with Crippen LogP contribution in [0, 0.1) is 34.5 Å². The predicted octanol–water partition coefficient (Wildman–Crippen LogP) is 4.56. The van der Waals surface area contributed by atoms with Crippen LogP contribution in [0.25, 0.3) is 0 Å². The van der Waals surface area contributed by atoms with Crippen molar-refractivity contribution in [3.63, 3.8) is 0 Å². The quantitative estimate of drug-likeness (QED) is 0.551. The van der Waals surface area contributed by atoms with Gasteiger partial charge in [-0.1, -0.05) is 24.3 Å². The first-order valence-corrected chi connectivity index (χ1v) is 11.7. The first kappa shape index (κ1) is 20.1. The number of fused-ring (bicyclic) bond motifs is 2. The number of carbonyl (C=O) groups excluding carboxylic acids is 4. The van der Waals surface area contributed by atoms with Crippen LogP contribution < -0.4 is 0 Å². The van der Waals surface area contributed by atoms with Crippen LogP contribution in [0.15, 0.2) is 24.3 Å². The summed E-state index contributed by atoms with van der Waals surface area (Å²) in [5.41, 5.74) is 1.72. The Morgan fingerprint density at radius 3 is 1.47 bits per heavy atom. The Kier molecular flexibility index (Phi) is 4.57. The molecule has 0 aromatic rings. The molecule has 4 heteroatoms. The SMILES string of the molecule is C=C1C[C@]23C[C@H]1CC(=O)[C@@H]2CCCC3=O.C=C1C[C@]23C[C@H]1CC(=O)[C@@H]2CCCC3=O. The molecule has 0 aromatic heterocycles. The molecule has 0 amide bonds. The highest BCUT2D eigenvalue weighted by Gasteiger charge is 2.59. The van der Waals surface area contributed by atoms with E-state index in [1.807, 2.05) is 0 Å². The van der Waals surface area contributed by atoms with Crippen molar-refractivity contribution in [2.24, 2.45) is 34.5 Å². The molecule has 4 nitrogen and oxygen atoms in total. The lowest BCUT2D eigenvalue weighted by molar-refractivity contribution is -0.146. The van der Waals surface area contributed by atoms with Crippen LogP contribution in [0.1, 0.15) is 77.0 Å². The van der Waals surface area contributed by atoms with Gasteiger partial charge >= 0.3 is 0 Å². The van der Waals surface area contributed by atoms with Gasteiger partial charge in [0.1, 0.15) is 23.1 Å². The van der Waals surface area contributed by atoms with E-state index in [4.69, 9.17) is 0 Å². The molecule has 0 aromatic carbocycles. The van der Waals surface area contributed by atoms with Crippen molar-refractivity contribution < 1.29 is 19.2 Å². The second kappa shape index (κ2) is 6.83. The van der Waals surface area contributed by atoms with Gasteiger partial charge in [0, 0.05) is 48.3 Å². The van der Waals surface area contributed by atoms with Gasteiger partial charge in [0.15, 0.2) is 0 Å². The van der Waals surface area contributed by atoms with Crippen LogP contribution >= 0.6 is 0 Å². The van der Waals surface area contributed by atoms with Crippen molar-refractivity contribution in [2.45, 2.75) is 77.0 Å². The Bertz CT molecular complexity index is 809. The molecule has 6 aliphatic rings. The van der Waals surface area contributed by atoms with Gasteiger partial charge in [0.2, 0.25) is 0 Å². The number of allylic oxidation sites excluding steroid dienone is 2. The summed E-state index contributed by atoms with van der Waals surface area (Å²) in [6.45, 7) is 8.09. The molecular weight excluding hydrogens is 376 g/mol. The van der Waals surface area contributed by atoms with Gasteiger partial charge in [-0.15, -0.1) is 0 Å². The van der Waals surface area contributed by atoms with Gasteiger partial charge in [-0.3, -0.25) is 19.2 Å². The zero-order chi connectivity index (χ0) is 21.3. The van der Waals surface area contributed by atoms with Crippen LogP contribution in [0.4, 0.5) is 0 Å². The molecule has 2 spiro atoms. The molecule has 4 bridgehead atoms. The van der Waals surface area contributed by atoms with E-state index in [1.165, 1.54) is 0 Å². The summed E-state index contributed by atoms with van der Waals surface area (Å²) in [5, 5.41) is 0. The maximum Gasteiger partial charge on any atom is 0.140 e. The van der Waals surface area contributed by atoms with Crippen LogP contribution in [-0.2, 0) is 19.2 Å². The Morgan fingerprint density at radius 2 is 1.07 bits per heavy atom. The third-order valence-corrected chi connectivity index (χ3v) is 9.37. The van der Waals surface area contributed by atoms with Gasteiger partial charge in [-0.2, -0.15) is 0 Å². The van der Waals surface area contributed by atoms with E-state index in [9.17, 15) is 19.2 Å². The minimum Gasteiger partial charge on any atom is -0.299 e. The number of Topliss-reactive ketones (excluding diaryl/α,β-unsaturated/α-hetero) is 4. The van der Waals surface area contributed by atoms with Crippen molar-refractivity contribution >= 4 is 23.1 Å². The average molecular weight is 409 g/mol. The van der Waals surface area contributed by atoms with Crippen molar-refractivity contribution in [3.05, 3.63) is 24.3 Å². The molecule has 0 radical (unpaired) electrons. The first-order valence-electron chi connectivity index (χ1n) is 11.7. The fraction of sp³-hybridized carbons (Fsp3) is 0.692. The molecule has 0 unspecified atom stereocenters. The van der Waals surface area contributed by atoms with Gasteiger partial charge in [0.25, 0.3) is 0 Å². The van der Waals surface area contributed by atoms with Gasteiger partial charge in [0.05, 0.1) is 0 Å². The van der Waals surface area contributed by atoms with Gasteiger partial charge < -0.3 is 0 Å². The largest absolute Gasteiger partial charge is 0.299 e. The maximum absolute atomic E-state index is 12.1. The smallest absolute Gasteiger partial charge is 0.140 e. The second-order valence-electron chi connectivity index (χ2n) is 10.9. The minimum absolute atomic E-state index is 0.0363.